The van der Waals surface area contributed by atoms with Crippen LogP contribution in [0, 0.1) is 0 Å². The van der Waals surface area contributed by atoms with E-state index in [1.165, 1.54) is 0 Å². The SMILES string of the molecule is CCc1nc2cccc(C(=O)O)c2n1C1CC(O)C1. The highest BCUT2D eigenvalue weighted by Gasteiger charge is 2.32. The number of carboxylic acid groups (broad SMARTS) is 1. The van der Waals surface area contributed by atoms with E-state index in [9.17, 15) is 15.0 Å². The Morgan fingerprint density at radius 2 is 2.21 bits per heavy atom. The fourth-order valence-electron chi connectivity index (χ4n) is 2.78. The molecule has 1 heterocycles. The monoisotopic (exact) mass is 260 g/mol. The van der Waals surface area contributed by atoms with Crippen molar-refractivity contribution >= 4 is 17.0 Å². The number of fused-ring (bicyclic) bond motifs is 1. The molecular weight excluding hydrogens is 244 g/mol. The van der Waals surface area contributed by atoms with Gasteiger partial charge in [-0.25, -0.2) is 9.78 Å². The topological polar surface area (TPSA) is 75.3 Å². The number of carbonyl (C=O) groups is 1. The number of para-hydroxylation sites is 1. The third-order valence-electron chi connectivity index (χ3n) is 3.78. The van der Waals surface area contributed by atoms with Crippen molar-refractivity contribution in [3.63, 3.8) is 0 Å². The minimum atomic E-state index is -0.936. The lowest BCUT2D eigenvalue weighted by molar-refractivity contribution is 0.0490. The molecule has 3 rings (SSSR count). The van der Waals surface area contributed by atoms with Gasteiger partial charge in [-0.3, -0.25) is 0 Å². The Hall–Kier alpha value is -1.88. The Labute approximate surface area is 110 Å². The van der Waals surface area contributed by atoms with Crippen LogP contribution in [0.5, 0.6) is 0 Å². The van der Waals surface area contributed by atoms with Crippen molar-refractivity contribution in [2.24, 2.45) is 0 Å². The van der Waals surface area contributed by atoms with E-state index in [0.717, 1.165) is 17.8 Å². The average Bonchev–Trinajstić information content (AvgIpc) is 2.72. The third-order valence-corrected chi connectivity index (χ3v) is 3.78. The number of aliphatic hydroxyl groups excluding tert-OH is 1. The molecule has 100 valence electrons. The van der Waals surface area contributed by atoms with Crippen molar-refractivity contribution in [3.8, 4) is 0 Å². The minimum absolute atomic E-state index is 0.162. The second-order valence-electron chi connectivity index (χ2n) is 5.01. The zero-order valence-corrected chi connectivity index (χ0v) is 10.7. The van der Waals surface area contributed by atoms with Crippen LogP contribution in [-0.2, 0) is 6.42 Å². The van der Waals surface area contributed by atoms with Gasteiger partial charge < -0.3 is 14.8 Å². The molecule has 5 nitrogen and oxygen atoms in total. The molecule has 1 fully saturated rings. The summed E-state index contributed by atoms with van der Waals surface area (Å²) in [5.74, 6) is -0.0464. The van der Waals surface area contributed by atoms with Crippen LogP contribution in [-0.4, -0.2) is 31.8 Å². The fourth-order valence-corrected chi connectivity index (χ4v) is 2.78. The van der Waals surface area contributed by atoms with Gasteiger partial charge in [0.25, 0.3) is 0 Å². The van der Waals surface area contributed by atoms with E-state index >= 15 is 0 Å². The first-order chi connectivity index (χ1) is 9.11. The van der Waals surface area contributed by atoms with Crippen LogP contribution in [0.1, 0.15) is 42.0 Å². The lowest BCUT2D eigenvalue weighted by Crippen LogP contribution is -2.32. The van der Waals surface area contributed by atoms with Crippen molar-refractivity contribution in [1.29, 1.82) is 0 Å². The van der Waals surface area contributed by atoms with Crippen LogP contribution in [0.2, 0.25) is 0 Å². The van der Waals surface area contributed by atoms with E-state index in [2.05, 4.69) is 4.98 Å². The maximum atomic E-state index is 11.4. The standard InChI is InChI=1S/C14H16N2O3/c1-2-12-15-11-5-3-4-10(14(18)19)13(11)16(12)8-6-9(17)7-8/h3-5,8-9,17H,2,6-7H2,1H3,(H,18,19). The predicted octanol–water partition coefficient (Wildman–Crippen LogP) is 1.99. The quantitative estimate of drug-likeness (QED) is 0.885. The van der Waals surface area contributed by atoms with E-state index < -0.39 is 5.97 Å². The van der Waals surface area contributed by atoms with Gasteiger partial charge in [0.05, 0.1) is 22.7 Å². The summed E-state index contributed by atoms with van der Waals surface area (Å²) < 4.78 is 2.01. The van der Waals surface area contributed by atoms with Crippen molar-refractivity contribution in [3.05, 3.63) is 29.6 Å². The fraction of sp³-hybridized carbons (Fsp3) is 0.429. The molecule has 1 aromatic carbocycles. The van der Waals surface area contributed by atoms with Crippen LogP contribution < -0.4 is 0 Å². The largest absolute Gasteiger partial charge is 0.478 e. The zero-order valence-electron chi connectivity index (χ0n) is 10.7. The normalized spacial score (nSPS) is 22.4. The molecule has 0 spiro atoms. The number of aryl methyl sites for hydroxylation is 1. The summed E-state index contributed by atoms with van der Waals surface area (Å²) in [6.45, 7) is 2.01. The van der Waals surface area contributed by atoms with E-state index in [1.54, 1.807) is 12.1 Å². The van der Waals surface area contributed by atoms with Gasteiger partial charge in [0, 0.05) is 12.5 Å². The molecule has 1 saturated carbocycles. The number of aliphatic hydroxyl groups is 1. The average molecular weight is 260 g/mol. The molecule has 5 heteroatoms. The van der Waals surface area contributed by atoms with Crippen LogP contribution in [0.25, 0.3) is 11.0 Å². The third kappa shape index (κ3) is 1.81. The lowest BCUT2D eigenvalue weighted by Gasteiger charge is -2.34. The molecule has 1 aliphatic carbocycles. The Morgan fingerprint density at radius 1 is 1.47 bits per heavy atom. The molecule has 0 amide bonds. The van der Waals surface area contributed by atoms with Crippen LogP contribution in [0.3, 0.4) is 0 Å². The van der Waals surface area contributed by atoms with Crippen LogP contribution in [0.4, 0.5) is 0 Å². The number of nitrogens with zero attached hydrogens (tertiary/aromatic N) is 2. The van der Waals surface area contributed by atoms with Crippen LogP contribution >= 0.6 is 0 Å². The summed E-state index contributed by atoms with van der Waals surface area (Å²) >= 11 is 0. The van der Waals surface area contributed by atoms with E-state index in [0.29, 0.717) is 18.4 Å². The van der Waals surface area contributed by atoms with Gasteiger partial charge in [-0.1, -0.05) is 13.0 Å². The van der Waals surface area contributed by atoms with Gasteiger partial charge in [0.2, 0.25) is 0 Å². The van der Waals surface area contributed by atoms with Gasteiger partial charge in [-0.05, 0) is 25.0 Å². The number of aromatic carboxylic acids is 1. The summed E-state index contributed by atoms with van der Waals surface area (Å²) in [4.78, 5) is 15.9. The summed E-state index contributed by atoms with van der Waals surface area (Å²) in [6.07, 6.45) is 1.82. The molecule has 1 aliphatic rings. The smallest absolute Gasteiger partial charge is 0.337 e. The second-order valence-corrected chi connectivity index (χ2v) is 5.01. The zero-order chi connectivity index (χ0) is 13.6. The summed E-state index contributed by atoms with van der Waals surface area (Å²) in [7, 11) is 0. The molecule has 19 heavy (non-hydrogen) atoms. The van der Waals surface area contributed by atoms with Crippen molar-refractivity contribution < 1.29 is 15.0 Å². The number of imidazole rings is 1. The maximum Gasteiger partial charge on any atom is 0.337 e. The van der Waals surface area contributed by atoms with Gasteiger partial charge in [-0.2, -0.15) is 0 Å². The molecule has 2 N–H and O–H groups in total. The number of carboxylic acids is 1. The molecule has 0 unspecified atom stereocenters. The Bertz CT molecular complexity index is 641. The summed E-state index contributed by atoms with van der Waals surface area (Å²) in [5, 5.41) is 18.8. The Morgan fingerprint density at radius 3 is 2.79 bits per heavy atom. The molecule has 0 saturated heterocycles. The number of benzene rings is 1. The van der Waals surface area contributed by atoms with Crippen LogP contribution in [0.15, 0.2) is 18.2 Å². The van der Waals surface area contributed by atoms with Gasteiger partial charge >= 0.3 is 5.97 Å². The van der Waals surface area contributed by atoms with Crippen molar-refractivity contribution in [1.82, 2.24) is 9.55 Å². The molecule has 0 aliphatic heterocycles. The van der Waals surface area contributed by atoms with E-state index in [4.69, 9.17) is 0 Å². The first-order valence-electron chi connectivity index (χ1n) is 6.53. The highest BCUT2D eigenvalue weighted by atomic mass is 16.4. The molecule has 0 bridgehead atoms. The first kappa shape index (κ1) is 12.2. The Kier molecular flexibility index (Phi) is 2.78. The van der Waals surface area contributed by atoms with Gasteiger partial charge in [-0.15, -0.1) is 0 Å². The number of hydrogen-bond acceptors (Lipinski definition) is 3. The predicted molar refractivity (Wildman–Crippen MR) is 70.3 cm³/mol. The number of rotatable bonds is 3. The lowest BCUT2D eigenvalue weighted by atomic mass is 9.89. The highest BCUT2D eigenvalue weighted by molar-refractivity contribution is 6.01. The van der Waals surface area contributed by atoms with E-state index in [1.807, 2.05) is 17.6 Å². The summed E-state index contributed by atoms with van der Waals surface area (Å²) in [5.41, 5.74) is 1.69. The van der Waals surface area contributed by atoms with E-state index in [-0.39, 0.29) is 17.7 Å². The Balaban J connectivity index is 2.24. The minimum Gasteiger partial charge on any atom is -0.478 e. The molecule has 2 aromatic rings. The second kappa shape index (κ2) is 4.35. The number of hydrogen-bond donors (Lipinski definition) is 2. The number of aromatic nitrogens is 2. The molecule has 1 aromatic heterocycles. The first-order valence-corrected chi connectivity index (χ1v) is 6.53. The van der Waals surface area contributed by atoms with Gasteiger partial charge in [0.15, 0.2) is 0 Å². The highest BCUT2D eigenvalue weighted by Crippen LogP contribution is 2.37. The maximum absolute atomic E-state index is 11.4. The van der Waals surface area contributed by atoms with Crippen molar-refractivity contribution in [2.75, 3.05) is 0 Å². The van der Waals surface area contributed by atoms with Crippen molar-refractivity contribution in [2.45, 2.75) is 38.3 Å². The molecule has 0 radical (unpaired) electrons. The van der Waals surface area contributed by atoms with Gasteiger partial charge in [0.1, 0.15) is 5.82 Å². The molecular formula is C14H16N2O3. The molecule has 0 atom stereocenters. The summed E-state index contributed by atoms with van der Waals surface area (Å²) in [6, 6.07) is 5.33.